The zero-order valence-corrected chi connectivity index (χ0v) is 11.4. The Labute approximate surface area is 117 Å². The lowest BCUT2D eigenvalue weighted by Crippen LogP contribution is -2.17. The van der Waals surface area contributed by atoms with Crippen molar-refractivity contribution in [1.82, 2.24) is 0 Å². The Morgan fingerprint density at radius 2 is 1.90 bits per heavy atom. The molecule has 0 aromatic heterocycles. The van der Waals surface area contributed by atoms with Crippen molar-refractivity contribution in [2.45, 2.75) is 0 Å². The molecule has 2 aromatic carbocycles. The summed E-state index contributed by atoms with van der Waals surface area (Å²) in [5.74, 6) is -1.12. The first-order valence-corrected chi connectivity index (χ1v) is 6.12. The summed E-state index contributed by atoms with van der Waals surface area (Å²) in [6.07, 6.45) is 0. The van der Waals surface area contributed by atoms with Crippen LogP contribution in [0.4, 0.5) is 21.5 Å². The van der Waals surface area contributed by atoms with Crippen molar-refractivity contribution in [1.29, 1.82) is 0 Å². The lowest BCUT2D eigenvalue weighted by atomic mass is 10.1. The topological polar surface area (TPSA) is 58.4 Å². The van der Waals surface area contributed by atoms with Crippen molar-refractivity contribution < 1.29 is 9.18 Å². The van der Waals surface area contributed by atoms with Gasteiger partial charge >= 0.3 is 0 Å². The quantitative estimate of drug-likeness (QED) is 0.845. The highest BCUT2D eigenvalue weighted by Crippen LogP contribution is 2.24. The number of halogens is 1. The molecule has 0 fully saturated rings. The van der Waals surface area contributed by atoms with Gasteiger partial charge in [0.05, 0.1) is 16.9 Å². The molecule has 0 saturated carbocycles. The zero-order chi connectivity index (χ0) is 14.7. The van der Waals surface area contributed by atoms with Crippen molar-refractivity contribution in [2.24, 2.45) is 0 Å². The zero-order valence-electron chi connectivity index (χ0n) is 11.4. The molecule has 0 unspecified atom stereocenters. The molecular weight excluding hydrogens is 257 g/mol. The predicted octanol–water partition coefficient (Wildman–Crippen LogP) is 2.73. The van der Waals surface area contributed by atoms with E-state index in [0.717, 1.165) is 5.69 Å². The van der Waals surface area contributed by atoms with Crippen LogP contribution < -0.4 is 16.0 Å². The molecule has 0 saturated heterocycles. The SMILES string of the molecule is CN(C)c1ccccc1NC(=O)c1cc(N)ccc1F. The first-order valence-electron chi connectivity index (χ1n) is 6.12. The summed E-state index contributed by atoms with van der Waals surface area (Å²) in [5, 5.41) is 2.70. The molecule has 0 bridgehead atoms. The second-order valence-corrected chi connectivity index (χ2v) is 4.60. The number of nitrogen functional groups attached to an aromatic ring is 1. The Balaban J connectivity index is 2.31. The van der Waals surface area contributed by atoms with Gasteiger partial charge in [0.25, 0.3) is 5.91 Å². The molecule has 20 heavy (non-hydrogen) atoms. The van der Waals surface area contributed by atoms with Gasteiger partial charge in [0, 0.05) is 19.8 Å². The summed E-state index contributed by atoms with van der Waals surface area (Å²) in [4.78, 5) is 14.0. The Kier molecular flexibility index (Phi) is 3.89. The second-order valence-electron chi connectivity index (χ2n) is 4.60. The first-order chi connectivity index (χ1) is 9.49. The van der Waals surface area contributed by atoms with E-state index in [2.05, 4.69) is 5.32 Å². The highest BCUT2D eigenvalue weighted by molar-refractivity contribution is 6.06. The number of benzene rings is 2. The number of rotatable bonds is 3. The highest BCUT2D eigenvalue weighted by Gasteiger charge is 2.14. The number of nitrogens with two attached hydrogens (primary N) is 1. The molecule has 3 N–H and O–H groups in total. The van der Waals surface area contributed by atoms with Crippen LogP contribution in [0.2, 0.25) is 0 Å². The number of para-hydroxylation sites is 2. The third kappa shape index (κ3) is 2.88. The largest absolute Gasteiger partial charge is 0.399 e. The molecule has 104 valence electrons. The minimum absolute atomic E-state index is 0.0708. The van der Waals surface area contributed by atoms with Gasteiger partial charge in [-0.2, -0.15) is 0 Å². The number of nitrogens with one attached hydrogen (secondary N) is 1. The predicted molar refractivity (Wildman–Crippen MR) is 79.5 cm³/mol. The fourth-order valence-electron chi connectivity index (χ4n) is 1.88. The van der Waals surface area contributed by atoms with Crippen LogP contribution >= 0.6 is 0 Å². The van der Waals surface area contributed by atoms with Crippen molar-refractivity contribution in [2.75, 3.05) is 30.0 Å². The minimum atomic E-state index is -0.598. The molecule has 4 nitrogen and oxygen atoms in total. The number of nitrogens with zero attached hydrogens (tertiary/aromatic N) is 1. The summed E-state index contributed by atoms with van der Waals surface area (Å²) in [6.45, 7) is 0. The van der Waals surface area contributed by atoms with E-state index in [9.17, 15) is 9.18 Å². The summed E-state index contributed by atoms with van der Waals surface area (Å²) in [6, 6.07) is 11.2. The number of carbonyl (C=O) groups excluding carboxylic acids is 1. The lowest BCUT2D eigenvalue weighted by molar-refractivity contribution is 0.102. The van der Waals surface area contributed by atoms with Crippen LogP contribution in [0.15, 0.2) is 42.5 Å². The Hall–Kier alpha value is -2.56. The molecule has 0 radical (unpaired) electrons. The molecule has 5 heteroatoms. The van der Waals surface area contributed by atoms with Crippen molar-refractivity contribution in [3.05, 3.63) is 53.8 Å². The molecular formula is C15H16FN3O. The number of carbonyl (C=O) groups is 1. The molecule has 0 heterocycles. The summed E-state index contributed by atoms with van der Waals surface area (Å²) < 4.78 is 13.7. The molecule has 0 spiro atoms. The summed E-state index contributed by atoms with van der Waals surface area (Å²) >= 11 is 0. The Morgan fingerprint density at radius 1 is 1.20 bits per heavy atom. The second kappa shape index (κ2) is 5.61. The van der Waals surface area contributed by atoms with Crippen LogP contribution in [-0.2, 0) is 0 Å². The van der Waals surface area contributed by atoms with Crippen LogP contribution in [0.1, 0.15) is 10.4 Å². The summed E-state index contributed by atoms with van der Waals surface area (Å²) in [5.41, 5.74) is 7.31. The molecule has 2 rings (SSSR count). The van der Waals surface area contributed by atoms with Gasteiger partial charge in [0.2, 0.25) is 0 Å². The van der Waals surface area contributed by atoms with E-state index in [1.54, 1.807) is 12.1 Å². The Bertz CT molecular complexity index is 641. The van der Waals surface area contributed by atoms with E-state index in [0.29, 0.717) is 11.4 Å². The van der Waals surface area contributed by atoms with E-state index in [1.165, 1.54) is 18.2 Å². The third-order valence-electron chi connectivity index (χ3n) is 2.87. The average molecular weight is 273 g/mol. The molecule has 0 aliphatic carbocycles. The van der Waals surface area contributed by atoms with Crippen molar-refractivity contribution >= 4 is 23.0 Å². The Morgan fingerprint density at radius 3 is 2.60 bits per heavy atom. The van der Waals surface area contributed by atoms with Crippen LogP contribution in [0.3, 0.4) is 0 Å². The average Bonchev–Trinajstić information content (AvgIpc) is 2.41. The molecule has 2 aromatic rings. The number of amides is 1. The van der Waals surface area contributed by atoms with E-state index >= 15 is 0 Å². The van der Waals surface area contributed by atoms with Gasteiger partial charge in [-0.1, -0.05) is 12.1 Å². The summed E-state index contributed by atoms with van der Waals surface area (Å²) in [7, 11) is 3.73. The van der Waals surface area contributed by atoms with E-state index < -0.39 is 11.7 Å². The smallest absolute Gasteiger partial charge is 0.258 e. The van der Waals surface area contributed by atoms with Gasteiger partial charge in [0.1, 0.15) is 5.82 Å². The van der Waals surface area contributed by atoms with Crippen molar-refractivity contribution in [3.63, 3.8) is 0 Å². The lowest BCUT2D eigenvalue weighted by Gasteiger charge is -2.17. The van der Waals surface area contributed by atoms with Crippen LogP contribution in [0, 0.1) is 5.82 Å². The standard InChI is InChI=1S/C15H16FN3O/c1-19(2)14-6-4-3-5-13(14)18-15(20)11-9-10(17)7-8-12(11)16/h3-9H,17H2,1-2H3,(H,18,20). The van der Waals surface area contributed by atoms with E-state index in [4.69, 9.17) is 5.73 Å². The number of hydrogen-bond acceptors (Lipinski definition) is 3. The minimum Gasteiger partial charge on any atom is -0.399 e. The number of hydrogen-bond donors (Lipinski definition) is 2. The third-order valence-corrected chi connectivity index (χ3v) is 2.87. The molecule has 0 aliphatic heterocycles. The monoisotopic (exact) mass is 273 g/mol. The maximum atomic E-state index is 13.7. The van der Waals surface area contributed by atoms with Crippen LogP contribution in [-0.4, -0.2) is 20.0 Å². The normalized spacial score (nSPS) is 10.2. The first kappa shape index (κ1) is 13.9. The molecule has 1 amide bonds. The van der Waals surface area contributed by atoms with Gasteiger partial charge < -0.3 is 16.0 Å². The van der Waals surface area contributed by atoms with Crippen LogP contribution in [0.25, 0.3) is 0 Å². The maximum Gasteiger partial charge on any atom is 0.258 e. The van der Waals surface area contributed by atoms with Gasteiger partial charge in [-0.05, 0) is 30.3 Å². The fraction of sp³-hybridized carbons (Fsp3) is 0.133. The van der Waals surface area contributed by atoms with Crippen LogP contribution in [0.5, 0.6) is 0 Å². The van der Waals surface area contributed by atoms with E-state index in [-0.39, 0.29) is 5.56 Å². The van der Waals surface area contributed by atoms with Gasteiger partial charge in [-0.15, -0.1) is 0 Å². The van der Waals surface area contributed by atoms with Gasteiger partial charge in [-0.25, -0.2) is 4.39 Å². The number of anilines is 3. The highest BCUT2D eigenvalue weighted by atomic mass is 19.1. The molecule has 0 atom stereocenters. The van der Waals surface area contributed by atoms with Gasteiger partial charge in [0.15, 0.2) is 0 Å². The van der Waals surface area contributed by atoms with E-state index in [1.807, 2.05) is 31.1 Å². The van der Waals surface area contributed by atoms with Gasteiger partial charge in [-0.3, -0.25) is 4.79 Å². The van der Waals surface area contributed by atoms with Crippen molar-refractivity contribution in [3.8, 4) is 0 Å². The fourth-order valence-corrected chi connectivity index (χ4v) is 1.88. The maximum absolute atomic E-state index is 13.7. The molecule has 0 aliphatic rings.